The van der Waals surface area contributed by atoms with Crippen LogP contribution in [0, 0.1) is 0 Å². The van der Waals surface area contributed by atoms with Gasteiger partial charge in [-0.1, -0.05) is 0 Å². The average Bonchev–Trinajstić information content (AvgIpc) is 2.88. The van der Waals surface area contributed by atoms with Crippen molar-refractivity contribution in [3.05, 3.63) is 52.4 Å². The maximum atomic E-state index is 12.5. The maximum Gasteiger partial charge on any atom is 0.326 e. The van der Waals surface area contributed by atoms with Crippen LogP contribution < -0.4 is 20.5 Å². The monoisotopic (exact) mass is 327 g/mol. The number of methoxy groups -OCH3 is 2. The Morgan fingerprint density at radius 1 is 1.08 bits per heavy atom. The van der Waals surface area contributed by atoms with Crippen molar-refractivity contribution in [2.75, 3.05) is 19.5 Å². The Bertz CT molecular complexity index is 949. The third kappa shape index (κ3) is 2.83. The quantitative estimate of drug-likeness (QED) is 0.769. The summed E-state index contributed by atoms with van der Waals surface area (Å²) in [7, 11) is 4.73. The topological polar surface area (TPSA) is 85.3 Å². The van der Waals surface area contributed by atoms with Crippen molar-refractivity contribution in [1.82, 2.24) is 9.55 Å². The summed E-state index contributed by atoms with van der Waals surface area (Å²) in [5, 5.41) is 2.80. The Kier molecular flexibility index (Phi) is 3.99. The molecule has 0 bridgehead atoms. The number of nitrogens with one attached hydrogen (secondary N) is 2. The zero-order valence-electron chi connectivity index (χ0n) is 13.5. The zero-order chi connectivity index (χ0) is 17.3. The lowest BCUT2D eigenvalue weighted by atomic mass is 10.1. The molecule has 7 nitrogen and oxygen atoms in total. The van der Waals surface area contributed by atoms with Crippen LogP contribution in [0.1, 0.15) is 10.4 Å². The van der Waals surface area contributed by atoms with Gasteiger partial charge < -0.3 is 19.8 Å². The molecular weight excluding hydrogens is 310 g/mol. The molecule has 0 aliphatic rings. The Morgan fingerprint density at radius 3 is 2.38 bits per heavy atom. The number of rotatable bonds is 4. The van der Waals surface area contributed by atoms with Crippen LogP contribution in [0.25, 0.3) is 11.0 Å². The normalized spacial score (nSPS) is 10.6. The van der Waals surface area contributed by atoms with Crippen LogP contribution in [0.4, 0.5) is 5.69 Å². The van der Waals surface area contributed by atoms with Gasteiger partial charge in [0.25, 0.3) is 5.91 Å². The lowest BCUT2D eigenvalue weighted by Crippen LogP contribution is -2.12. The van der Waals surface area contributed by atoms with Crippen molar-refractivity contribution in [1.29, 1.82) is 0 Å². The number of aryl methyl sites for hydroxylation is 1. The highest BCUT2D eigenvalue weighted by molar-refractivity contribution is 6.05. The number of carbonyl (C=O) groups is 1. The molecule has 0 saturated heterocycles. The molecule has 0 fully saturated rings. The van der Waals surface area contributed by atoms with E-state index in [2.05, 4.69) is 10.3 Å². The number of aromatic nitrogens is 2. The fourth-order valence-electron chi connectivity index (χ4n) is 2.46. The predicted molar refractivity (Wildman–Crippen MR) is 91.0 cm³/mol. The van der Waals surface area contributed by atoms with E-state index in [1.807, 2.05) is 0 Å². The number of fused-ring (bicyclic) bond motifs is 1. The first-order valence-corrected chi connectivity index (χ1v) is 7.25. The van der Waals surface area contributed by atoms with Gasteiger partial charge in [0.05, 0.1) is 25.3 Å². The van der Waals surface area contributed by atoms with Gasteiger partial charge in [-0.25, -0.2) is 4.79 Å². The highest BCUT2D eigenvalue weighted by Crippen LogP contribution is 2.23. The van der Waals surface area contributed by atoms with Crippen LogP contribution in [0.2, 0.25) is 0 Å². The van der Waals surface area contributed by atoms with E-state index in [0.717, 1.165) is 5.52 Å². The van der Waals surface area contributed by atoms with Crippen LogP contribution in [0.15, 0.2) is 41.2 Å². The summed E-state index contributed by atoms with van der Waals surface area (Å²) in [6.45, 7) is 0. The molecule has 0 unspecified atom stereocenters. The predicted octanol–water partition coefficient (Wildman–Crippen LogP) is 2.14. The number of aromatic amines is 1. The third-order valence-electron chi connectivity index (χ3n) is 3.78. The smallest absolute Gasteiger partial charge is 0.326 e. The Balaban J connectivity index is 1.90. The second-order valence-electron chi connectivity index (χ2n) is 5.28. The first-order chi connectivity index (χ1) is 11.5. The van der Waals surface area contributed by atoms with Crippen molar-refractivity contribution in [3.63, 3.8) is 0 Å². The van der Waals surface area contributed by atoms with Crippen LogP contribution in [-0.4, -0.2) is 29.7 Å². The average molecular weight is 327 g/mol. The van der Waals surface area contributed by atoms with E-state index in [0.29, 0.717) is 28.3 Å². The molecule has 0 aliphatic heterocycles. The summed E-state index contributed by atoms with van der Waals surface area (Å²) in [4.78, 5) is 26.8. The minimum Gasteiger partial charge on any atom is -0.497 e. The molecule has 2 N–H and O–H groups in total. The van der Waals surface area contributed by atoms with Gasteiger partial charge >= 0.3 is 5.69 Å². The molecule has 0 saturated carbocycles. The number of amides is 1. The van der Waals surface area contributed by atoms with E-state index in [1.54, 1.807) is 43.4 Å². The van der Waals surface area contributed by atoms with Crippen LogP contribution in [-0.2, 0) is 7.05 Å². The molecule has 3 rings (SSSR count). The second-order valence-corrected chi connectivity index (χ2v) is 5.28. The minimum absolute atomic E-state index is 0.203. The number of imidazole rings is 1. The Labute approximate surface area is 137 Å². The van der Waals surface area contributed by atoms with Crippen LogP contribution in [0.5, 0.6) is 11.5 Å². The summed E-state index contributed by atoms with van der Waals surface area (Å²) in [6.07, 6.45) is 0. The summed E-state index contributed by atoms with van der Waals surface area (Å²) in [5.41, 5.74) is 2.21. The number of carbonyl (C=O) groups excluding carboxylic acids is 1. The highest BCUT2D eigenvalue weighted by Gasteiger charge is 2.11. The van der Waals surface area contributed by atoms with Crippen molar-refractivity contribution in [2.45, 2.75) is 0 Å². The highest BCUT2D eigenvalue weighted by atomic mass is 16.5. The fraction of sp³-hybridized carbons (Fsp3) is 0.176. The molecular formula is C17H17N3O4. The number of benzene rings is 2. The second kappa shape index (κ2) is 6.11. The first kappa shape index (κ1) is 15.7. The van der Waals surface area contributed by atoms with Gasteiger partial charge in [-0.3, -0.25) is 9.36 Å². The largest absolute Gasteiger partial charge is 0.497 e. The summed E-state index contributed by atoms with van der Waals surface area (Å²) < 4.78 is 11.8. The van der Waals surface area contributed by atoms with Gasteiger partial charge in [0.2, 0.25) is 0 Å². The van der Waals surface area contributed by atoms with Gasteiger partial charge in [0.1, 0.15) is 11.5 Å². The van der Waals surface area contributed by atoms with Crippen molar-refractivity contribution >= 4 is 22.6 Å². The Hall–Kier alpha value is -3.22. The Morgan fingerprint density at radius 2 is 1.75 bits per heavy atom. The standard InChI is InChI=1S/C17H17N3O4/c1-20-15-5-4-11(8-14(15)19-17(20)22)18-16(21)10-6-12(23-2)9-13(7-10)24-3/h4-9H,1-3H3,(H,18,21)(H,19,22). The van der Waals surface area contributed by atoms with Crippen molar-refractivity contribution < 1.29 is 14.3 Å². The number of anilines is 1. The number of ether oxygens (including phenoxy) is 2. The molecule has 0 atom stereocenters. The molecule has 3 aromatic rings. The zero-order valence-corrected chi connectivity index (χ0v) is 13.5. The molecule has 1 heterocycles. The summed E-state index contributed by atoms with van der Waals surface area (Å²) in [6, 6.07) is 10.2. The lowest BCUT2D eigenvalue weighted by molar-refractivity contribution is 0.102. The molecule has 124 valence electrons. The molecule has 0 aliphatic carbocycles. The van der Waals surface area contributed by atoms with E-state index >= 15 is 0 Å². The molecule has 24 heavy (non-hydrogen) atoms. The first-order valence-electron chi connectivity index (χ1n) is 7.25. The minimum atomic E-state index is -0.301. The number of nitrogens with zero attached hydrogens (tertiary/aromatic N) is 1. The molecule has 0 spiro atoms. The van der Waals surface area contributed by atoms with Gasteiger partial charge in [-0.15, -0.1) is 0 Å². The molecule has 1 aromatic heterocycles. The SMILES string of the molecule is COc1cc(OC)cc(C(=O)Nc2ccc3c(c2)[nH]c(=O)n3C)c1. The summed E-state index contributed by atoms with van der Waals surface area (Å²) in [5.74, 6) is 0.759. The molecule has 2 aromatic carbocycles. The maximum absolute atomic E-state index is 12.5. The van der Waals surface area contributed by atoms with Crippen LogP contribution >= 0.6 is 0 Å². The number of hydrogen-bond donors (Lipinski definition) is 2. The van der Waals surface area contributed by atoms with E-state index < -0.39 is 0 Å². The van der Waals surface area contributed by atoms with Gasteiger partial charge in [0, 0.05) is 24.4 Å². The third-order valence-corrected chi connectivity index (χ3v) is 3.78. The van der Waals surface area contributed by atoms with Crippen molar-refractivity contribution in [3.8, 4) is 11.5 Å². The van der Waals surface area contributed by atoms with E-state index in [-0.39, 0.29) is 11.6 Å². The van der Waals surface area contributed by atoms with Crippen LogP contribution in [0.3, 0.4) is 0 Å². The molecule has 7 heteroatoms. The van der Waals surface area contributed by atoms with Crippen molar-refractivity contribution in [2.24, 2.45) is 7.05 Å². The number of hydrogen-bond acceptors (Lipinski definition) is 4. The molecule has 1 amide bonds. The summed E-state index contributed by atoms with van der Waals surface area (Å²) >= 11 is 0. The number of H-pyrrole nitrogens is 1. The van der Waals surface area contributed by atoms with E-state index in [9.17, 15) is 9.59 Å². The van der Waals surface area contributed by atoms with Gasteiger partial charge in [-0.05, 0) is 30.3 Å². The van der Waals surface area contributed by atoms with E-state index in [1.165, 1.54) is 18.8 Å². The van der Waals surface area contributed by atoms with Gasteiger partial charge in [0.15, 0.2) is 0 Å². The lowest BCUT2D eigenvalue weighted by Gasteiger charge is -2.09. The molecule has 0 radical (unpaired) electrons. The van der Waals surface area contributed by atoms with Gasteiger partial charge in [-0.2, -0.15) is 0 Å². The fourth-order valence-corrected chi connectivity index (χ4v) is 2.46. The van der Waals surface area contributed by atoms with E-state index in [4.69, 9.17) is 9.47 Å².